The number of rotatable bonds is 0. The van der Waals surface area contributed by atoms with Crippen molar-refractivity contribution in [2.24, 2.45) is 0 Å². The second-order valence-electron chi connectivity index (χ2n) is 4.75. The molecule has 0 unspecified atom stereocenters. The second kappa shape index (κ2) is 2.98. The molecule has 0 N–H and O–H groups in total. The van der Waals surface area contributed by atoms with Crippen molar-refractivity contribution in [1.82, 2.24) is 0 Å². The summed E-state index contributed by atoms with van der Waals surface area (Å²) < 4.78 is 0. The Kier molecular flexibility index (Phi) is 1.59. The van der Waals surface area contributed by atoms with Crippen LogP contribution in [0.15, 0.2) is 36.4 Å². The molecule has 0 saturated carbocycles. The lowest BCUT2D eigenvalue weighted by molar-refractivity contribution is 0.912. The summed E-state index contributed by atoms with van der Waals surface area (Å²) >= 11 is 0. The van der Waals surface area contributed by atoms with E-state index < -0.39 is 0 Å². The van der Waals surface area contributed by atoms with Crippen molar-refractivity contribution in [3.63, 3.8) is 0 Å². The highest BCUT2D eigenvalue weighted by Gasteiger charge is 2.24. The number of fused-ring (bicyclic) bond motifs is 5. The van der Waals surface area contributed by atoms with Crippen LogP contribution >= 0.6 is 0 Å². The van der Waals surface area contributed by atoms with Gasteiger partial charge in [0.05, 0.1) is 0 Å². The molecule has 0 aromatic heterocycles. The lowest BCUT2D eigenvalue weighted by Gasteiger charge is -2.08. The zero-order chi connectivity index (χ0) is 10.5. The minimum Gasteiger partial charge on any atom is -0.0619 e. The van der Waals surface area contributed by atoms with Gasteiger partial charge in [-0.2, -0.15) is 0 Å². The molecule has 77 valence electrons. The summed E-state index contributed by atoms with van der Waals surface area (Å²) in [6, 6.07) is 13.4. The summed E-state index contributed by atoms with van der Waals surface area (Å²) in [5, 5.41) is 0. The van der Waals surface area contributed by atoms with Crippen LogP contribution in [0.5, 0.6) is 0 Å². The van der Waals surface area contributed by atoms with E-state index in [1.54, 1.807) is 11.1 Å². The monoisotopic (exact) mass is 205 g/mol. The first kappa shape index (κ1) is 8.58. The van der Waals surface area contributed by atoms with Gasteiger partial charge in [-0.05, 0) is 52.6 Å². The Hall–Kier alpha value is -1.56. The molecule has 0 nitrogen and oxygen atoms in total. The fourth-order valence-corrected chi connectivity index (χ4v) is 3.14. The van der Waals surface area contributed by atoms with Gasteiger partial charge in [-0.15, -0.1) is 0 Å². The molecule has 0 saturated heterocycles. The maximum absolute atomic E-state index is 2.32. The molecule has 0 heteroatoms. The maximum Gasteiger partial charge on any atom is 0.0212 e. The Morgan fingerprint density at radius 1 is 0.812 bits per heavy atom. The van der Waals surface area contributed by atoms with Crippen LogP contribution in [0.25, 0.3) is 11.1 Å². The van der Waals surface area contributed by atoms with Gasteiger partial charge in [-0.3, -0.25) is 0 Å². The van der Waals surface area contributed by atoms with Gasteiger partial charge in [0.2, 0.25) is 0 Å². The van der Waals surface area contributed by atoms with E-state index in [9.17, 15) is 0 Å². The molecule has 0 amide bonds. The highest BCUT2D eigenvalue weighted by Crippen LogP contribution is 2.43. The Balaban J connectivity index is 2.06. The molecule has 0 atom stereocenters. The Bertz CT molecular complexity index is 579. The Morgan fingerprint density at radius 3 is 2.75 bits per heavy atom. The molecule has 0 bridgehead atoms. The van der Waals surface area contributed by atoms with Crippen LogP contribution in [0, 0.1) is 6.42 Å². The van der Waals surface area contributed by atoms with E-state index in [1.165, 1.54) is 41.5 Å². The van der Waals surface area contributed by atoms with Crippen molar-refractivity contribution in [2.45, 2.75) is 19.3 Å². The topological polar surface area (TPSA) is 0 Å². The molecule has 2 aliphatic rings. The zero-order valence-corrected chi connectivity index (χ0v) is 9.16. The predicted octanol–water partition coefficient (Wildman–Crippen LogP) is 3.76. The van der Waals surface area contributed by atoms with Gasteiger partial charge in [-0.1, -0.05) is 36.4 Å². The summed E-state index contributed by atoms with van der Waals surface area (Å²) in [6.07, 6.45) is 6.18. The van der Waals surface area contributed by atoms with Gasteiger partial charge in [0.25, 0.3) is 0 Å². The molecule has 0 heterocycles. The summed E-state index contributed by atoms with van der Waals surface area (Å²) in [5.41, 5.74) is 8.95. The van der Waals surface area contributed by atoms with Gasteiger partial charge in [-0.25, -0.2) is 0 Å². The third-order valence-electron chi connectivity index (χ3n) is 3.86. The van der Waals surface area contributed by atoms with Crippen molar-refractivity contribution in [3.8, 4) is 11.1 Å². The Morgan fingerprint density at radius 2 is 1.75 bits per heavy atom. The molecule has 1 radical (unpaired) electrons. The fraction of sp³-hybridized carbons (Fsp3) is 0.188. The lowest BCUT2D eigenvalue weighted by Crippen LogP contribution is -1.88. The third kappa shape index (κ3) is 0.996. The third-order valence-corrected chi connectivity index (χ3v) is 3.86. The van der Waals surface area contributed by atoms with Crippen molar-refractivity contribution >= 4 is 0 Å². The smallest absolute Gasteiger partial charge is 0.0212 e. The van der Waals surface area contributed by atoms with Crippen LogP contribution in [-0.4, -0.2) is 0 Å². The van der Waals surface area contributed by atoms with Crippen molar-refractivity contribution < 1.29 is 0 Å². The highest BCUT2D eigenvalue weighted by atomic mass is 14.3. The van der Waals surface area contributed by atoms with E-state index in [0.29, 0.717) is 0 Å². The lowest BCUT2D eigenvalue weighted by atomic mass is 9.97. The molecule has 0 spiro atoms. The van der Waals surface area contributed by atoms with Crippen molar-refractivity contribution in [2.75, 3.05) is 0 Å². The first-order valence-electron chi connectivity index (χ1n) is 6.02. The summed E-state index contributed by atoms with van der Waals surface area (Å²) in [6.45, 7) is 0. The molecular formula is C16H13. The molecule has 2 aromatic rings. The Labute approximate surface area is 95.9 Å². The molecule has 2 aliphatic carbocycles. The maximum atomic E-state index is 2.32. The molecule has 0 aliphatic heterocycles. The van der Waals surface area contributed by atoms with E-state index in [-0.39, 0.29) is 0 Å². The van der Waals surface area contributed by atoms with Crippen LogP contribution in [0.1, 0.15) is 28.7 Å². The van der Waals surface area contributed by atoms with Gasteiger partial charge < -0.3 is 0 Å². The van der Waals surface area contributed by atoms with E-state index in [2.05, 4.69) is 42.8 Å². The summed E-state index contributed by atoms with van der Waals surface area (Å²) in [7, 11) is 0. The first-order valence-corrected chi connectivity index (χ1v) is 6.02. The normalized spacial score (nSPS) is 15.8. The van der Waals surface area contributed by atoms with E-state index in [0.717, 1.165) is 0 Å². The van der Waals surface area contributed by atoms with E-state index in [4.69, 9.17) is 0 Å². The van der Waals surface area contributed by atoms with Crippen LogP contribution < -0.4 is 0 Å². The van der Waals surface area contributed by atoms with Gasteiger partial charge >= 0.3 is 0 Å². The minimum absolute atomic E-state index is 1.26. The molecule has 16 heavy (non-hydrogen) atoms. The average Bonchev–Trinajstić information content (AvgIpc) is 2.91. The van der Waals surface area contributed by atoms with Gasteiger partial charge in [0.1, 0.15) is 0 Å². The standard InChI is InChI=1S/C16H13/c1-2-6-15-12(4-1)10-13-9-8-11-5-3-7-14(11)16(13)15/h1-2,4,6,8-10H,3,5,7H2. The van der Waals surface area contributed by atoms with Crippen LogP contribution in [0.3, 0.4) is 0 Å². The molecular weight excluding hydrogens is 192 g/mol. The van der Waals surface area contributed by atoms with Crippen LogP contribution in [0.2, 0.25) is 0 Å². The van der Waals surface area contributed by atoms with Gasteiger partial charge in [0, 0.05) is 6.42 Å². The van der Waals surface area contributed by atoms with Gasteiger partial charge in [0.15, 0.2) is 0 Å². The largest absolute Gasteiger partial charge is 0.0619 e. The van der Waals surface area contributed by atoms with Crippen molar-refractivity contribution in [1.29, 1.82) is 0 Å². The minimum atomic E-state index is 1.26. The highest BCUT2D eigenvalue weighted by molar-refractivity contribution is 5.84. The zero-order valence-electron chi connectivity index (χ0n) is 9.16. The number of aryl methyl sites for hydroxylation is 1. The van der Waals surface area contributed by atoms with Crippen LogP contribution in [-0.2, 0) is 12.8 Å². The average molecular weight is 205 g/mol. The number of hydrogen-bond acceptors (Lipinski definition) is 0. The predicted molar refractivity (Wildman–Crippen MR) is 66.4 cm³/mol. The summed E-state index contributed by atoms with van der Waals surface area (Å²) in [5.74, 6) is 0. The molecule has 0 fully saturated rings. The SMILES string of the molecule is [CH]1c2ccccc2-c2c1ccc1c2CCC1. The summed E-state index contributed by atoms with van der Waals surface area (Å²) in [4.78, 5) is 0. The van der Waals surface area contributed by atoms with E-state index in [1.807, 2.05) is 0 Å². The molecule has 2 aromatic carbocycles. The van der Waals surface area contributed by atoms with Crippen LogP contribution in [0.4, 0.5) is 0 Å². The number of hydrogen-bond donors (Lipinski definition) is 0. The second-order valence-corrected chi connectivity index (χ2v) is 4.75. The molecule has 4 rings (SSSR count). The quantitative estimate of drug-likeness (QED) is 0.524. The van der Waals surface area contributed by atoms with Crippen molar-refractivity contribution in [3.05, 3.63) is 65.1 Å². The van der Waals surface area contributed by atoms with E-state index >= 15 is 0 Å². The number of benzene rings is 2. The fourth-order valence-electron chi connectivity index (χ4n) is 3.14. The first-order chi connectivity index (χ1) is 7.93.